The molecule has 0 spiro atoms. The van der Waals surface area contributed by atoms with Crippen molar-refractivity contribution in [3.8, 4) is 22.8 Å². The summed E-state index contributed by atoms with van der Waals surface area (Å²) in [6.07, 6.45) is 4.86. The summed E-state index contributed by atoms with van der Waals surface area (Å²) >= 11 is 0. The predicted molar refractivity (Wildman–Crippen MR) is 122 cm³/mol. The summed E-state index contributed by atoms with van der Waals surface area (Å²) in [6.45, 7) is 2.06. The second kappa shape index (κ2) is 8.64. The minimum Gasteiger partial charge on any atom is -0.459 e. The lowest BCUT2D eigenvalue weighted by Crippen LogP contribution is -2.23. The molecule has 0 bridgehead atoms. The summed E-state index contributed by atoms with van der Waals surface area (Å²) in [5.74, 6) is 0.327. The first-order chi connectivity index (χ1) is 15.7. The number of hydrogen-bond donors (Lipinski definition) is 1. The minimum absolute atomic E-state index is 0.0163. The smallest absolute Gasteiger partial charge is 0.322 e. The molecule has 7 heteroatoms. The van der Waals surface area contributed by atoms with Gasteiger partial charge in [-0.1, -0.05) is 47.6 Å². The molecule has 1 amide bonds. The van der Waals surface area contributed by atoms with Crippen LogP contribution in [0.25, 0.3) is 28.4 Å². The molecule has 0 aliphatic carbocycles. The Labute approximate surface area is 185 Å². The van der Waals surface area contributed by atoms with Crippen LogP contribution in [0.5, 0.6) is 0 Å². The molecular formula is C25H22N4O3. The van der Waals surface area contributed by atoms with E-state index in [0.717, 1.165) is 30.6 Å². The van der Waals surface area contributed by atoms with Crippen LogP contribution >= 0.6 is 0 Å². The van der Waals surface area contributed by atoms with Gasteiger partial charge in [0.1, 0.15) is 0 Å². The van der Waals surface area contributed by atoms with Crippen LogP contribution in [0.1, 0.15) is 22.3 Å². The van der Waals surface area contributed by atoms with Gasteiger partial charge in [0.25, 0.3) is 11.8 Å². The third-order valence-corrected chi connectivity index (χ3v) is 5.50. The second-order valence-electron chi connectivity index (χ2n) is 7.74. The number of likely N-dealkylation sites (N-methyl/N-ethyl adjacent to an activating group) is 1. The van der Waals surface area contributed by atoms with E-state index in [0.29, 0.717) is 11.3 Å². The van der Waals surface area contributed by atoms with Crippen LogP contribution in [-0.4, -0.2) is 41.1 Å². The predicted octanol–water partition coefficient (Wildman–Crippen LogP) is 4.97. The van der Waals surface area contributed by atoms with Crippen LogP contribution < -0.4 is 5.32 Å². The molecule has 7 nitrogen and oxygen atoms in total. The van der Waals surface area contributed by atoms with E-state index in [-0.39, 0.29) is 17.8 Å². The number of benzene rings is 2. The normalized spacial score (nSPS) is 14.2. The third-order valence-electron chi connectivity index (χ3n) is 5.50. The van der Waals surface area contributed by atoms with Gasteiger partial charge in [-0.25, -0.2) is 0 Å². The number of amides is 1. The van der Waals surface area contributed by atoms with Crippen molar-refractivity contribution < 1.29 is 13.6 Å². The van der Waals surface area contributed by atoms with Gasteiger partial charge in [-0.05, 0) is 60.0 Å². The molecule has 0 saturated heterocycles. The minimum atomic E-state index is -0.324. The molecule has 1 aliphatic heterocycles. The summed E-state index contributed by atoms with van der Waals surface area (Å²) in [5.41, 5.74) is 5.15. The molecule has 2 aromatic heterocycles. The Bertz CT molecular complexity index is 1260. The molecule has 2 aromatic carbocycles. The van der Waals surface area contributed by atoms with Crippen molar-refractivity contribution in [3.05, 3.63) is 84.1 Å². The van der Waals surface area contributed by atoms with Crippen LogP contribution in [0.2, 0.25) is 0 Å². The van der Waals surface area contributed by atoms with Gasteiger partial charge in [0, 0.05) is 18.7 Å². The van der Waals surface area contributed by atoms with Crippen molar-refractivity contribution in [1.29, 1.82) is 0 Å². The zero-order chi connectivity index (χ0) is 21.9. The summed E-state index contributed by atoms with van der Waals surface area (Å²) in [7, 11) is 2.13. The van der Waals surface area contributed by atoms with Crippen LogP contribution in [0.4, 0.5) is 6.01 Å². The van der Waals surface area contributed by atoms with E-state index in [2.05, 4.69) is 57.8 Å². The highest BCUT2D eigenvalue weighted by atomic mass is 16.4. The fraction of sp³-hybridized carbons (Fsp3) is 0.160. The fourth-order valence-corrected chi connectivity index (χ4v) is 3.69. The van der Waals surface area contributed by atoms with Crippen LogP contribution in [0.3, 0.4) is 0 Å². The van der Waals surface area contributed by atoms with Gasteiger partial charge in [-0.2, -0.15) is 0 Å². The molecule has 1 aliphatic rings. The quantitative estimate of drug-likeness (QED) is 0.485. The maximum Gasteiger partial charge on any atom is 0.322 e. The first-order valence-electron chi connectivity index (χ1n) is 10.4. The third kappa shape index (κ3) is 4.24. The van der Waals surface area contributed by atoms with E-state index in [9.17, 15) is 4.79 Å². The molecule has 1 N–H and O–H groups in total. The number of hydrogen-bond acceptors (Lipinski definition) is 6. The lowest BCUT2D eigenvalue weighted by molar-refractivity contribution is 0.102. The number of furan rings is 1. The van der Waals surface area contributed by atoms with Crippen molar-refractivity contribution in [2.24, 2.45) is 0 Å². The highest BCUT2D eigenvalue weighted by Gasteiger charge is 2.15. The van der Waals surface area contributed by atoms with Gasteiger partial charge in [0.05, 0.1) is 6.26 Å². The molecule has 5 rings (SSSR count). The molecule has 4 aromatic rings. The zero-order valence-corrected chi connectivity index (χ0v) is 17.6. The van der Waals surface area contributed by atoms with Crippen LogP contribution in [0, 0.1) is 0 Å². The standard InChI is InChI=1S/C25H22N4O3/c1-29-13-11-19(12-14-29)17-7-9-18(10-8-17)20-4-2-5-21(16-20)23(30)26-25-28-27-24(32-25)22-6-3-15-31-22/h2-11,15-16H,12-14H2,1H3,(H,26,28,30). The molecule has 0 atom stereocenters. The van der Waals surface area contributed by atoms with Crippen molar-refractivity contribution in [2.45, 2.75) is 6.42 Å². The lowest BCUT2D eigenvalue weighted by atomic mass is 9.96. The average Bonchev–Trinajstić information content (AvgIpc) is 3.52. The summed E-state index contributed by atoms with van der Waals surface area (Å²) < 4.78 is 10.7. The number of nitrogens with zero attached hydrogens (tertiary/aromatic N) is 3. The Hall–Kier alpha value is -3.97. The van der Waals surface area contributed by atoms with Crippen LogP contribution in [-0.2, 0) is 0 Å². The van der Waals surface area contributed by atoms with Gasteiger partial charge < -0.3 is 13.7 Å². The Morgan fingerprint density at radius 2 is 1.84 bits per heavy atom. The van der Waals surface area contributed by atoms with Crippen molar-refractivity contribution in [1.82, 2.24) is 15.1 Å². The molecule has 160 valence electrons. The van der Waals surface area contributed by atoms with E-state index < -0.39 is 0 Å². The Morgan fingerprint density at radius 1 is 1.00 bits per heavy atom. The first-order valence-corrected chi connectivity index (χ1v) is 10.4. The van der Waals surface area contributed by atoms with Crippen LogP contribution in [0.15, 0.2) is 81.8 Å². The SMILES string of the molecule is CN1CC=C(c2ccc(-c3cccc(C(=O)Nc4nnc(-c5ccco5)o4)c3)cc2)CC1. The Balaban J connectivity index is 1.30. The Morgan fingerprint density at radius 3 is 2.59 bits per heavy atom. The monoisotopic (exact) mass is 426 g/mol. The molecule has 3 heterocycles. The number of aromatic nitrogens is 2. The maximum absolute atomic E-state index is 12.7. The molecule has 0 radical (unpaired) electrons. The number of rotatable bonds is 5. The maximum atomic E-state index is 12.7. The highest BCUT2D eigenvalue weighted by Crippen LogP contribution is 2.27. The summed E-state index contributed by atoms with van der Waals surface area (Å²) in [4.78, 5) is 15.0. The number of carbonyl (C=O) groups is 1. The van der Waals surface area contributed by atoms with Crippen molar-refractivity contribution in [3.63, 3.8) is 0 Å². The number of nitrogens with one attached hydrogen (secondary N) is 1. The van der Waals surface area contributed by atoms with Crippen molar-refractivity contribution >= 4 is 17.5 Å². The number of carbonyl (C=O) groups excluding carboxylic acids is 1. The van der Waals surface area contributed by atoms with E-state index >= 15 is 0 Å². The highest BCUT2D eigenvalue weighted by molar-refractivity contribution is 6.03. The van der Waals surface area contributed by atoms with Gasteiger partial charge in [-0.15, -0.1) is 5.10 Å². The topological polar surface area (TPSA) is 84.4 Å². The van der Waals surface area contributed by atoms with Gasteiger partial charge in [0.15, 0.2) is 5.76 Å². The van der Waals surface area contributed by atoms with E-state index in [1.165, 1.54) is 17.4 Å². The largest absolute Gasteiger partial charge is 0.459 e. The van der Waals surface area contributed by atoms with E-state index in [1.54, 1.807) is 18.2 Å². The lowest BCUT2D eigenvalue weighted by Gasteiger charge is -2.22. The van der Waals surface area contributed by atoms with E-state index in [1.807, 2.05) is 18.2 Å². The van der Waals surface area contributed by atoms with Gasteiger partial charge in [0.2, 0.25) is 0 Å². The first kappa shape index (κ1) is 20.0. The molecule has 0 saturated carbocycles. The summed E-state index contributed by atoms with van der Waals surface area (Å²) in [6, 6.07) is 19.4. The average molecular weight is 426 g/mol. The number of anilines is 1. The molecule has 0 unspecified atom stereocenters. The van der Waals surface area contributed by atoms with E-state index in [4.69, 9.17) is 8.83 Å². The zero-order valence-electron chi connectivity index (χ0n) is 17.6. The second-order valence-corrected chi connectivity index (χ2v) is 7.74. The van der Waals surface area contributed by atoms with Gasteiger partial charge >= 0.3 is 6.01 Å². The fourth-order valence-electron chi connectivity index (χ4n) is 3.69. The van der Waals surface area contributed by atoms with Crippen molar-refractivity contribution in [2.75, 3.05) is 25.5 Å². The summed E-state index contributed by atoms with van der Waals surface area (Å²) in [5, 5.41) is 10.4. The molecular weight excluding hydrogens is 404 g/mol. The van der Waals surface area contributed by atoms with Gasteiger partial charge in [-0.3, -0.25) is 10.1 Å². The Kier molecular flexibility index (Phi) is 5.39. The molecule has 32 heavy (non-hydrogen) atoms. The molecule has 0 fully saturated rings.